The number of rotatable bonds is 2. The Balaban J connectivity index is 2.19. The van der Waals surface area contributed by atoms with Gasteiger partial charge in [-0.1, -0.05) is 24.3 Å². The van der Waals surface area contributed by atoms with E-state index in [1.54, 1.807) is 7.11 Å². The number of fused-ring (bicyclic) bond motifs is 1. The van der Waals surface area contributed by atoms with Gasteiger partial charge >= 0.3 is 0 Å². The summed E-state index contributed by atoms with van der Waals surface area (Å²) in [6.45, 7) is 1.60. The van der Waals surface area contributed by atoms with Gasteiger partial charge < -0.3 is 9.64 Å². The summed E-state index contributed by atoms with van der Waals surface area (Å²) in [5.41, 5.74) is 2.68. The first kappa shape index (κ1) is 8.32. The van der Waals surface area contributed by atoms with E-state index in [-0.39, 0.29) is 0 Å². The van der Waals surface area contributed by atoms with Gasteiger partial charge in [-0.2, -0.15) is 0 Å². The highest BCUT2D eigenvalue weighted by molar-refractivity contribution is 5.55. The summed E-state index contributed by atoms with van der Waals surface area (Å²) in [5, 5.41) is 0. The van der Waals surface area contributed by atoms with Crippen LogP contribution in [0.25, 0.3) is 6.08 Å². The van der Waals surface area contributed by atoms with Crippen molar-refractivity contribution in [2.75, 3.05) is 13.8 Å². The van der Waals surface area contributed by atoms with Crippen LogP contribution in [0, 0.1) is 0 Å². The fraction of sp³-hybridized carbons (Fsp3) is 0.273. The molecule has 0 radical (unpaired) electrons. The summed E-state index contributed by atoms with van der Waals surface area (Å²) in [6.07, 6.45) is 4.20. The lowest BCUT2D eigenvalue weighted by Gasteiger charge is -2.24. The van der Waals surface area contributed by atoms with Crippen LogP contribution in [0.5, 0.6) is 0 Å². The quantitative estimate of drug-likeness (QED) is 0.682. The Morgan fingerprint density at radius 1 is 1.38 bits per heavy atom. The molecule has 1 aliphatic heterocycles. The van der Waals surface area contributed by atoms with E-state index in [0.29, 0.717) is 6.73 Å². The van der Waals surface area contributed by atoms with Crippen LogP contribution < -0.4 is 0 Å². The molecule has 2 nitrogen and oxygen atoms in total. The Morgan fingerprint density at radius 2 is 2.23 bits per heavy atom. The lowest BCUT2D eigenvalue weighted by Crippen LogP contribution is -2.21. The molecule has 0 N–H and O–H groups in total. The first-order valence-corrected chi connectivity index (χ1v) is 4.39. The number of benzene rings is 1. The van der Waals surface area contributed by atoms with Crippen molar-refractivity contribution in [3.8, 4) is 0 Å². The van der Waals surface area contributed by atoms with Crippen LogP contribution in [0.4, 0.5) is 0 Å². The molecule has 13 heavy (non-hydrogen) atoms. The molecule has 0 aliphatic carbocycles. The van der Waals surface area contributed by atoms with Crippen molar-refractivity contribution in [2.24, 2.45) is 0 Å². The minimum absolute atomic E-state index is 0.658. The van der Waals surface area contributed by atoms with E-state index >= 15 is 0 Å². The van der Waals surface area contributed by atoms with Crippen molar-refractivity contribution in [2.45, 2.75) is 6.54 Å². The predicted octanol–water partition coefficient (Wildman–Crippen LogP) is 2.08. The van der Waals surface area contributed by atoms with E-state index in [0.717, 1.165) is 6.54 Å². The molecule has 0 spiro atoms. The Bertz CT molecular complexity index is 320. The highest BCUT2D eigenvalue weighted by atomic mass is 16.5. The molecule has 1 aromatic carbocycles. The predicted molar refractivity (Wildman–Crippen MR) is 52.9 cm³/mol. The summed E-state index contributed by atoms with van der Waals surface area (Å²) in [4.78, 5) is 2.14. The van der Waals surface area contributed by atoms with E-state index in [9.17, 15) is 0 Å². The molecule has 0 fully saturated rings. The van der Waals surface area contributed by atoms with Gasteiger partial charge in [0.2, 0.25) is 0 Å². The minimum atomic E-state index is 0.658. The molecule has 2 heteroatoms. The van der Waals surface area contributed by atoms with Crippen molar-refractivity contribution < 1.29 is 4.74 Å². The van der Waals surface area contributed by atoms with Gasteiger partial charge in [0.15, 0.2) is 0 Å². The third-order valence-corrected chi connectivity index (χ3v) is 2.19. The molecule has 0 unspecified atom stereocenters. The van der Waals surface area contributed by atoms with Crippen LogP contribution in [0.1, 0.15) is 11.1 Å². The summed E-state index contributed by atoms with van der Waals surface area (Å²) in [6, 6.07) is 8.43. The summed E-state index contributed by atoms with van der Waals surface area (Å²) in [5.74, 6) is 0. The van der Waals surface area contributed by atoms with Crippen LogP contribution >= 0.6 is 0 Å². The van der Waals surface area contributed by atoms with E-state index < -0.39 is 0 Å². The first-order chi connectivity index (χ1) is 6.40. The lowest BCUT2D eigenvalue weighted by molar-refractivity contribution is 0.0912. The number of methoxy groups -OCH3 is 1. The average molecular weight is 175 g/mol. The van der Waals surface area contributed by atoms with Gasteiger partial charge in [-0.3, -0.25) is 0 Å². The molecule has 1 aliphatic rings. The zero-order chi connectivity index (χ0) is 9.10. The first-order valence-electron chi connectivity index (χ1n) is 4.39. The van der Waals surface area contributed by atoms with Crippen LogP contribution in [0.15, 0.2) is 30.5 Å². The van der Waals surface area contributed by atoms with E-state index in [2.05, 4.69) is 41.4 Å². The molecular weight excluding hydrogens is 162 g/mol. The maximum atomic E-state index is 5.07. The molecule has 0 saturated heterocycles. The lowest BCUT2D eigenvalue weighted by atomic mass is 10.1. The Labute approximate surface area is 78.4 Å². The normalized spacial score (nSPS) is 14.4. The maximum absolute atomic E-state index is 5.07. The monoisotopic (exact) mass is 175 g/mol. The summed E-state index contributed by atoms with van der Waals surface area (Å²) in [7, 11) is 1.72. The molecule has 68 valence electrons. The van der Waals surface area contributed by atoms with Gasteiger partial charge in [0.05, 0.1) is 0 Å². The largest absolute Gasteiger partial charge is 0.364 e. The van der Waals surface area contributed by atoms with Crippen molar-refractivity contribution in [1.29, 1.82) is 0 Å². The second kappa shape index (κ2) is 3.62. The number of ether oxygens (including phenoxy) is 1. The Morgan fingerprint density at radius 3 is 3.08 bits per heavy atom. The Kier molecular flexibility index (Phi) is 2.32. The highest BCUT2D eigenvalue weighted by Gasteiger charge is 2.08. The van der Waals surface area contributed by atoms with Crippen molar-refractivity contribution in [3.05, 3.63) is 41.6 Å². The van der Waals surface area contributed by atoms with Crippen LogP contribution in [0.3, 0.4) is 0 Å². The topological polar surface area (TPSA) is 12.5 Å². The molecule has 1 heterocycles. The van der Waals surface area contributed by atoms with E-state index in [1.807, 2.05) is 0 Å². The van der Waals surface area contributed by atoms with E-state index in [4.69, 9.17) is 4.74 Å². The van der Waals surface area contributed by atoms with Crippen molar-refractivity contribution in [3.63, 3.8) is 0 Å². The molecule has 0 saturated carbocycles. The minimum Gasteiger partial charge on any atom is -0.364 e. The standard InChI is InChI=1S/C11H13NO/c1-13-9-12-7-6-10-4-2-3-5-11(10)8-12/h2-7H,8-9H2,1H3. The fourth-order valence-electron chi connectivity index (χ4n) is 1.55. The van der Waals surface area contributed by atoms with Gasteiger partial charge in [0.1, 0.15) is 6.73 Å². The molecule has 1 aromatic rings. The molecule has 0 atom stereocenters. The zero-order valence-corrected chi connectivity index (χ0v) is 7.73. The second-order valence-electron chi connectivity index (χ2n) is 3.18. The SMILES string of the molecule is COCN1C=Cc2ccccc2C1. The van der Waals surface area contributed by atoms with E-state index in [1.165, 1.54) is 11.1 Å². The third-order valence-electron chi connectivity index (χ3n) is 2.19. The van der Waals surface area contributed by atoms with Crippen molar-refractivity contribution in [1.82, 2.24) is 4.90 Å². The summed E-state index contributed by atoms with van der Waals surface area (Å²) >= 11 is 0. The molecule has 0 bridgehead atoms. The highest BCUT2D eigenvalue weighted by Crippen LogP contribution is 2.18. The van der Waals surface area contributed by atoms with Crippen LogP contribution in [-0.2, 0) is 11.3 Å². The molecule has 0 aromatic heterocycles. The molecular formula is C11H13NO. The van der Waals surface area contributed by atoms with Gasteiger partial charge in [0.25, 0.3) is 0 Å². The van der Waals surface area contributed by atoms with Crippen LogP contribution in [0.2, 0.25) is 0 Å². The van der Waals surface area contributed by atoms with Gasteiger partial charge in [-0.15, -0.1) is 0 Å². The van der Waals surface area contributed by atoms with Gasteiger partial charge in [-0.05, 0) is 17.2 Å². The number of hydrogen-bond acceptors (Lipinski definition) is 2. The smallest absolute Gasteiger partial charge is 0.118 e. The number of nitrogens with zero attached hydrogens (tertiary/aromatic N) is 1. The molecule has 2 rings (SSSR count). The number of hydrogen-bond donors (Lipinski definition) is 0. The van der Waals surface area contributed by atoms with Crippen LogP contribution in [-0.4, -0.2) is 18.7 Å². The zero-order valence-electron chi connectivity index (χ0n) is 7.73. The second-order valence-corrected chi connectivity index (χ2v) is 3.18. The third kappa shape index (κ3) is 1.73. The maximum Gasteiger partial charge on any atom is 0.118 e. The summed E-state index contributed by atoms with van der Waals surface area (Å²) < 4.78 is 5.07. The van der Waals surface area contributed by atoms with Gasteiger partial charge in [-0.25, -0.2) is 0 Å². The molecule has 0 amide bonds. The fourth-order valence-corrected chi connectivity index (χ4v) is 1.55. The average Bonchev–Trinajstić information content (AvgIpc) is 2.18. The van der Waals surface area contributed by atoms with Crippen molar-refractivity contribution >= 4 is 6.08 Å². The van der Waals surface area contributed by atoms with Gasteiger partial charge in [0, 0.05) is 19.9 Å². The Hall–Kier alpha value is -1.28.